The number of pyridine rings is 1. The van der Waals surface area contributed by atoms with Gasteiger partial charge in [-0.25, -0.2) is 0 Å². The SMILES string of the molecule is CC1CN(c2ccncc2CO)CC(CO)O1. The van der Waals surface area contributed by atoms with Gasteiger partial charge in [0.1, 0.15) is 0 Å². The lowest BCUT2D eigenvalue weighted by Gasteiger charge is -2.38. The summed E-state index contributed by atoms with van der Waals surface area (Å²) in [5.41, 5.74) is 1.77. The van der Waals surface area contributed by atoms with Crippen molar-refractivity contribution in [3.63, 3.8) is 0 Å². The number of rotatable bonds is 3. The zero-order valence-electron chi connectivity index (χ0n) is 9.91. The van der Waals surface area contributed by atoms with E-state index in [4.69, 9.17) is 4.74 Å². The molecule has 2 heterocycles. The lowest BCUT2D eigenvalue weighted by atomic mass is 10.1. The predicted molar refractivity (Wildman–Crippen MR) is 63.8 cm³/mol. The second-order valence-corrected chi connectivity index (χ2v) is 4.32. The van der Waals surface area contributed by atoms with E-state index in [2.05, 4.69) is 9.88 Å². The molecule has 5 nitrogen and oxygen atoms in total. The zero-order valence-corrected chi connectivity index (χ0v) is 9.91. The van der Waals surface area contributed by atoms with Gasteiger partial charge in [0.2, 0.25) is 0 Å². The van der Waals surface area contributed by atoms with E-state index in [0.29, 0.717) is 6.54 Å². The summed E-state index contributed by atoms with van der Waals surface area (Å²) in [5.74, 6) is 0. The van der Waals surface area contributed by atoms with E-state index >= 15 is 0 Å². The van der Waals surface area contributed by atoms with E-state index < -0.39 is 0 Å². The van der Waals surface area contributed by atoms with E-state index in [1.807, 2.05) is 13.0 Å². The Morgan fingerprint density at radius 3 is 3.00 bits per heavy atom. The van der Waals surface area contributed by atoms with Gasteiger partial charge in [0.05, 0.1) is 25.4 Å². The van der Waals surface area contributed by atoms with Crippen LogP contribution in [0.15, 0.2) is 18.5 Å². The van der Waals surface area contributed by atoms with Crippen LogP contribution in [-0.2, 0) is 11.3 Å². The lowest BCUT2D eigenvalue weighted by molar-refractivity contribution is -0.0421. The van der Waals surface area contributed by atoms with E-state index in [0.717, 1.165) is 17.8 Å². The van der Waals surface area contributed by atoms with Crippen LogP contribution < -0.4 is 4.90 Å². The minimum absolute atomic E-state index is 0.0143. The van der Waals surface area contributed by atoms with E-state index in [1.54, 1.807) is 12.4 Å². The molecule has 0 saturated carbocycles. The molecule has 17 heavy (non-hydrogen) atoms. The first-order valence-corrected chi connectivity index (χ1v) is 5.79. The Labute approximate surface area is 101 Å². The quantitative estimate of drug-likeness (QED) is 0.785. The number of hydrogen-bond acceptors (Lipinski definition) is 5. The molecule has 0 aliphatic carbocycles. The number of aliphatic hydroxyl groups excluding tert-OH is 2. The maximum absolute atomic E-state index is 9.29. The van der Waals surface area contributed by atoms with Gasteiger partial charge in [-0.15, -0.1) is 0 Å². The number of anilines is 1. The molecule has 1 aliphatic rings. The van der Waals surface area contributed by atoms with Crippen molar-refractivity contribution < 1.29 is 14.9 Å². The number of nitrogens with zero attached hydrogens (tertiary/aromatic N) is 2. The monoisotopic (exact) mass is 238 g/mol. The standard InChI is InChI=1S/C12H18N2O3/c1-9-5-14(6-11(8-16)17-9)12-2-3-13-4-10(12)7-15/h2-4,9,11,15-16H,5-8H2,1H3. The fourth-order valence-electron chi connectivity index (χ4n) is 2.19. The average molecular weight is 238 g/mol. The number of aromatic nitrogens is 1. The second-order valence-electron chi connectivity index (χ2n) is 4.32. The molecule has 2 N–H and O–H groups in total. The molecule has 1 fully saturated rings. The van der Waals surface area contributed by atoms with Gasteiger partial charge in [-0.05, 0) is 13.0 Å². The highest BCUT2D eigenvalue weighted by Crippen LogP contribution is 2.23. The van der Waals surface area contributed by atoms with Crippen LogP contribution in [0.4, 0.5) is 5.69 Å². The molecule has 0 amide bonds. The smallest absolute Gasteiger partial charge is 0.0984 e. The minimum atomic E-state index is -0.168. The van der Waals surface area contributed by atoms with E-state index in [-0.39, 0.29) is 25.4 Å². The van der Waals surface area contributed by atoms with Gasteiger partial charge in [-0.3, -0.25) is 4.98 Å². The van der Waals surface area contributed by atoms with Crippen LogP contribution in [0.25, 0.3) is 0 Å². The zero-order chi connectivity index (χ0) is 12.3. The molecular weight excluding hydrogens is 220 g/mol. The molecule has 0 spiro atoms. The summed E-state index contributed by atoms with van der Waals surface area (Å²) in [4.78, 5) is 6.13. The van der Waals surface area contributed by atoms with Crippen LogP contribution in [0, 0.1) is 0 Å². The van der Waals surface area contributed by atoms with Crippen molar-refractivity contribution in [3.05, 3.63) is 24.0 Å². The van der Waals surface area contributed by atoms with Crippen molar-refractivity contribution in [3.8, 4) is 0 Å². The summed E-state index contributed by atoms with van der Waals surface area (Å²) >= 11 is 0. The summed E-state index contributed by atoms with van der Waals surface area (Å²) in [7, 11) is 0. The van der Waals surface area contributed by atoms with Crippen molar-refractivity contribution in [1.29, 1.82) is 0 Å². The fraction of sp³-hybridized carbons (Fsp3) is 0.583. The lowest BCUT2D eigenvalue weighted by Crippen LogP contribution is -2.48. The summed E-state index contributed by atoms with van der Waals surface area (Å²) in [6.45, 7) is 3.36. The van der Waals surface area contributed by atoms with Gasteiger partial charge in [0.15, 0.2) is 0 Å². The van der Waals surface area contributed by atoms with Gasteiger partial charge in [-0.1, -0.05) is 0 Å². The topological polar surface area (TPSA) is 65.8 Å². The molecule has 0 bridgehead atoms. The summed E-state index contributed by atoms with van der Waals surface area (Å²) < 4.78 is 5.59. The van der Waals surface area contributed by atoms with Crippen LogP contribution in [0.1, 0.15) is 12.5 Å². The van der Waals surface area contributed by atoms with Crippen molar-refractivity contribution in [1.82, 2.24) is 4.98 Å². The molecule has 2 rings (SSSR count). The molecule has 2 atom stereocenters. The van der Waals surface area contributed by atoms with Crippen molar-refractivity contribution in [2.75, 3.05) is 24.6 Å². The van der Waals surface area contributed by atoms with Crippen molar-refractivity contribution in [2.24, 2.45) is 0 Å². The molecule has 1 aromatic rings. The van der Waals surface area contributed by atoms with E-state index in [9.17, 15) is 10.2 Å². The van der Waals surface area contributed by atoms with Gasteiger partial charge >= 0.3 is 0 Å². The molecule has 94 valence electrons. The number of morpholine rings is 1. The van der Waals surface area contributed by atoms with Gasteiger partial charge in [-0.2, -0.15) is 0 Å². The van der Waals surface area contributed by atoms with E-state index in [1.165, 1.54) is 0 Å². The largest absolute Gasteiger partial charge is 0.394 e. The highest BCUT2D eigenvalue weighted by Gasteiger charge is 2.25. The van der Waals surface area contributed by atoms with Gasteiger partial charge in [0.25, 0.3) is 0 Å². The first-order chi connectivity index (χ1) is 8.24. The van der Waals surface area contributed by atoms with Gasteiger partial charge in [0, 0.05) is 36.7 Å². The molecular formula is C12H18N2O3. The Kier molecular flexibility index (Phi) is 3.93. The highest BCUT2D eigenvalue weighted by atomic mass is 16.5. The Bertz CT molecular complexity index is 373. The predicted octanol–water partition coefficient (Wildman–Crippen LogP) is 0.160. The molecule has 1 aliphatic heterocycles. The Hall–Kier alpha value is -1.17. The normalized spacial score (nSPS) is 25.0. The molecule has 2 unspecified atom stereocenters. The summed E-state index contributed by atoms with van der Waals surface area (Å²) in [6.07, 6.45) is 3.28. The molecule has 1 aromatic heterocycles. The van der Waals surface area contributed by atoms with Crippen molar-refractivity contribution in [2.45, 2.75) is 25.7 Å². The molecule has 0 radical (unpaired) electrons. The van der Waals surface area contributed by atoms with Crippen LogP contribution in [0.2, 0.25) is 0 Å². The Morgan fingerprint density at radius 1 is 1.47 bits per heavy atom. The third-order valence-corrected chi connectivity index (χ3v) is 2.92. The summed E-state index contributed by atoms with van der Waals surface area (Å²) in [6, 6.07) is 1.89. The van der Waals surface area contributed by atoms with Gasteiger partial charge < -0.3 is 19.8 Å². The first-order valence-electron chi connectivity index (χ1n) is 5.79. The highest BCUT2D eigenvalue weighted by molar-refractivity contribution is 5.52. The maximum Gasteiger partial charge on any atom is 0.0984 e. The Balaban J connectivity index is 2.20. The minimum Gasteiger partial charge on any atom is -0.394 e. The van der Waals surface area contributed by atoms with Crippen LogP contribution in [0.3, 0.4) is 0 Å². The fourth-order valence-corrected chi connectivity index (χ4v) is 2.19. The van der Waals surface area contributed by atoms with Crippen LogP contribution in [-0.4, -0.2) is 47.1 Å². The molecule has 5 heteroatoms. The van der Waals surface area contributed by atoms with Crippen molar-refractivity contribution >= 4 is 5.69 Å². The third-order valence-electron chi connectivity index (χ3n) is 2.92. The first kappa shape index (κ1) is 12.3. The number of aliphatic hydroxyl groups is 2. The number of ether oxygens (including phenoxy) is 1. The molecule has 1 saturated heterocycles. The number of hydrogen-bond donors (Lipinski definition) is 2. The maximum atomic E-state index is 9.29. The Morgan fingerprint density at radius 2 is 2.29 bits per heavy atom. The second kappa shape index (κ2) is 5.44. The van der Waals surface area contributed by atoms with Crippen LogP contribution >= 0.6 is 0 Å². The molecule has 0 aromatic carbocycles. The summed E-state index contributed by atoms with van der Waals surface area (Å²) in [5, 5.41) is 18.5. The van der Waals surface area contributed by atoms with Crippen LogP contribution in [0.5, 0.6) is 0 Å². The average Bonchev–Trinajstić information content (AvgIpc) is 2.37. The third kappa shape index (κ3) is 2.74.